The lowest BCUT2D eigenvalue weighted by Crippen LogP contribution is -2.21. The minimum atomic E-state index is -0.245. The van der Waals surface area contributed by atoms with Gasteiger partial charge in [0.25, 0.3) is 0 Å². The lowest BCUT2D eigenvalue weighted by atomic mass is 10.1. The molecule has 0 saturated heterocycles. The summed E-state index contributed by atoms with van der Waals surface area (Å²) in [6, 6.07) is 15.1. The van der Waals surface area contributed by atoms with Gasteiger partial charge in [-0.15, -0.1) is 11.3 Å². The smallest absolute Gasteiger partial charge is 0.246 e. The molecule has 0 aliphatic carbocycles. The maximum absolute atomic E-state index is 12.1. The summed E-state index contributed by atoms with van der Waals surface area (Å²) in [6.07, 6.45) is 0.161. The minimum absolute atomic E-state index is 0.138. The van der Waals surface area contributed by atoms with Gasteiger partial charge in [-0.05, 0) is 26.0 Å². The van der Waals surface area contributed by atoms with E-state index < -0.39 is 0 Å². The predicted molar refractivity (Wildman–Crippen MR) is 104 cm³/mol. The number of aryl methyl sites for hydroxylation is 1. The van der Waals surface area contributed by atoms with Crippen molar-refractivity contribution in [2.24, 2.45) is 5.10 Å². The molecule has 0 unspecified atom stereocenters. The predicted octanol–water partition coefficient (Wildman–Crippen LogP) is 3.91. The summed E-state index contributed by atoms with van der Waals surface area (Å²) in [7, 11) is 0. The van der Waals surface area contributed by atoms with E-state index in [1.165, 1.54) is 11.3 Å². The molecule has 2 N–H and O–H groups in total. The number of hydrazone groups is 1. The van der Waals surface area contributed by atoms with Gasteiger partial charge in [-0.25, -0.2) is 10.4 Å². The topological polar surface area (TPSA) is 74.6 Å². The molecule has 0 saturated carbocycles. The zero-order chi connectivity index (χ0) is 18.5. The number of aromatic hydroxyl groups is 1. The van der Waals surface area contributed by atoms with E-state index in [2.05, 4.69) is 15.5 Å². The molecule has 0 aliphatic rings. The quantitative estimate of drug-likeness (QED) is 0.532. The van der Waals surface area contributed by atoms with E-state index in [9.17, 15) is 9.90 Å². The van der Waals surface area contributed by atoms with Crippen molar-refractivity contribution in [3.05, 3.63) is 70.0 Å². The lowest BCUT2D eigenvalue weighted by molar-refractivity contribution is -0.120. The number of carbonyl (C=O) groups is 1. The van der Waals surface area contributed by atoms with Gasteiger partial charge in [-0.1, -0.05) is 42.0 Å². The van der Waals surface area contributed by atoms with Gasteiger partial charge in [-0.2, -0.15) is 5.10 Å². The molecule has 3 rings (SSSR count). The SMILES string of the molecule is CC(=NNC(=O)Cc1nc(-c2ccccc2)cs1)c1cc(C)ccc1O. The Morgan fingerprint density at radius 3 is 2.77 bits per heavy atom. The number of phenols is 1. The van der Waals surface area contributed by atoms with Crippen LogP contribution in [0.15, 0.2) is 59.0 Å². The molecule has 1 heterocycles. The van der Waals surface area contributed by atoms with E-state index >= 15 is 0 Å². The van der Waals surface area contributed by atoms with Gasteiger partial charge in [0.15, 0.2) is 0 Å². The zero-order valence-electron chi connectivity index (χ0n) is 14.6. The maximum atomic E-state index is 12.1. The molecular formula is C20H19N3O2S. The molecule has 2 aromatic carbocycles. The van der Waals surface area contributed by atoms with Crippen molar-refractivity contribution < 1.29 is 9.90 Å². The number of aromatic nitrogens is 1. The number of hydrogen-bond donors (Lipinski definition) is 2. The molecule has 132 valence electrons. The monoisotopic (exact) mass is 365 g/mol. The Morgan fingerprint density at radius 2 is 2.00 bits per heavy atom. The van der Waals surface area contributed by atoms with Crippen LogP contribution in [-0.2, 0) is 11.2 Å². The van der Waals surface area contributed by atoms with Crippen LogP contribution in [0.3, 0.4) is 0 Å². The third kappa shape index (κ3) is 4.34. The van der Waals surface area contributed by atoms with Gasteiger partial charge in [0.2, 0.25) is 5.91 Å². The Morgan fingerprint density at radius 1 is 1.23 bits per heavy atom. The maximum Gasteiger partial charge on any atom is 0.246 e. The molecule has 26 heavy (non-hydrogen) atoms. The zero-order valence-corrected chi connectivity index (χ0v) is 15.4. The standard InChI is InChI=1S/C20H19N3O2S/c1-13-8-9-18(24)16(10-13)14(2)22-23-19(25)11-20-21-17(12-26-20)15-6-4-3-5-7-15/h3-10,12,24H,11H2,1-2H3,(H,23,25). The fourth-order valence-corrected chi connectivity index (χ4v) is 3.26. The van der Waals surface area contributed by atoms with Crippen LogP contribution < -0.4 is 5.43 Å². The summed E-state index contributed by atoms with van der Waals surface area (Å²) in [5.41, 5.74) is 6.58. The van der Waals surface area contributed by atoms with Crippen LogP contribution in [-0.4, -0.2) is 21.7 Å². The van der Waals surface area contributed by atoms with Crippen LogP contribution in [0.5, 0.6) is 5.75 Å². The van der Waals surface area contributed by atoms with E-state index in [0.717, 1.165) is 21.8 Å². The van der Waals surface area contributed by atoms with E-state index in [1.807, 2.05) is 54.8 Å². The van der Waals surface area contributed by atoms with Crippen molar-refractivity contribution in [1.82, 2.24) is 10.4 Å². The molecule has 0 bridgehead atoms. The third-order valence-corrected chi connectivity index (χ3v) is 4.67. The van der Waals surface area contributed by atoms with Crippen LogP contribution in [0, 0.1) is 6.92 Å². The molecule has 1 amide bonds. The fraction of sp³-hybridized carbons (Fsp3) is 0.150. The summed E-state index contributed by atoms with van der Waals surface area (Å²) < 4.78 is 0. The fourth-order valence-electron chi connectivity index (χ4n) is 2.46. The van der Waals surface area contributed by atoms with Crippen LogP contribution in [0.1, 0.15) is 23.1 Å². The Balaban J connectivity index is 1.64. The average Bonchev–Trinajstić information content (AvgIpc) is 3.11. The highest BCUT2D eigenvalue weighted by Crippen LogP contribution is 2.22. The van der Waals surface area contributed by atoms with Gasteiger partial charge < -0.3 is 5.11 Å². The first-order valence-corrected chi connectivity index (χ1v) is 9.04. The van der Waals surface area contributed by atoms with Crippen LogP contribution in [0.4, 0.5) is 0 Å². The Hall–Kier alpha value is -2.99. The summed E-state index contributed by atoms with van der Waals surface area (Å²) in [6.45, 7) is 3.67. The van der Waals surface area contributed by atoms with Gasteiger partial charge in [0, 0.05) is 16.5 Å². The van der Waals surface area contributed by atoms with Gasteiger partial charge >= 0.3 is 0 Å². The molecule has 6 heteroatoms. The first-order chi connectivity index (χ1) is 12.5. The number of rotatable bonds is 5. The molecule has 0 aliphatic heterocycles. The van der Waals surface area contributed by atoms with E-state index in [-0.39, 0.29) is 18.1 Å². The van der Waals surface area contributed by atoms with Crippen LogP contribution in [0.25, 0.3) is 11.3 Å². The van der Waals surface area contributed by atoms with Crippen molar-refractivity contribution in [1.29, 1.82) is 0 Å². The van der Waals surface area contributed by atoms with Crippen LogP contribution in [0.2, 0.25) is 0 Å². The number of nitrogens with one attached hydrogen (secondary N) is 1. The Kier molecular flexibility index (Phi) is 5.43. The molecule has 0 radical (unpaired) electrons. The molecular weight excluding hydrogens is 346 g/mol. The Labute approximate surface area is 156 Å². The number of amides is 1. The van der Waals surface area contributed by atoms with Gasteiger partial charge in [-0.3, -0.25) is 4.79 Å². The summed E-state index contributed by atoms with van der Waals surface area (Å²) in [5.74, 6) is -0.107. The van der Waals surface area contributed by atoms with Crippen molar-refractivity contribution in [3.8, 4) is 17.0 Å². The lowest BCUT2D eigenvalue weighted by Gasteiger charge is -2.06. The molecule has 0 fully saturated rings. The number of thiazole rings is 1. The van der Waals surface area contributed by atoms with Crippen LogP contribution >= 0.6 is 11.3 Å². The van der Waals surface area contributed by atoms with E-state index in [0.29, 0.717) is 11.3 Å². The summed E-state index contributed by atoms with van der Waals surface area (Å²) in [4.78, 5) is 16.6. The third-order valence-electron chi connectivity index (χ3n) is 3.82. The molecule has 0 atom stereocenters. The van der Waals surface area contributed by atoms with Crippen molar-refractivity contribution in [2.75, 3.05) is 0 Å². The number of carbonyl (C=O) groups excluding carboxylic acids is 1. The van der Waals surface area contributed by atoms with E-state index in [4.69, 9.17) is 0 Å². The molecule has 5 nitrogen and oxygen atoms in total. The number of nitrogens with zero attached hydrogens (tertiary/aromatic N) is 2. The highest BCUT2D eigenvalue weighted by atomic mass is 32.1. The number of phenolic OH excluding ortho intramolecular Hbond substituents is 1. The second-order valence-electron chi connectivity index (χ2n) is 5.92. The Bertz CT molecular complexity index is 949. The summed E-state index contributed by atoms with van der Waals surface area (Å²) >= 11 is 1.45. The molecule has 3 aromatic rings. The second kappa shape index (κ2) is 7.93. The highest BCUT2D eigenvalue weighted by molar-refractivity contribution is 7.10. The molecule has 0 spiro atoms. The van der Waals surface area contributed by atoms with Gasteiger partial charge in [0.05, 0.1) is 17.8 Å². The summed E-state index contributed by atoms with van der Waals surface area (Å²) in [5, 5.41) is 16.7. The van der Waals surface area contributed by atoms with Gasteiger partial charge in [0.1, 0.15) is 10.8 Å². The number of hydrogen-bond acceptors (Lipinski definition) is 5. The normalized spacial score (nSPS) is 11.4. The number of benzene rings is 2. The van der Waals surface area contributed by atoms with Crippen molar-refractivity contribution >= 4 is 23.0 Å². The largest absolute Gasteiger partial charge is 0.507 e. The first-order valence-electron chi connectivity index (χ1n) is 8.16. The average molecular weight is 365 g/mol. The van der Waals surface area contributed by atoms with Crippen molar-refractivity contribution in [3.63, 3.8) is 0 Å². The minimum Gasteiger partial charge on any atom is -0.507 e. The first kappa shape index (κ1) is 17.8. The highest BCUT2D eigenvalue weighted by Gasteiger charge is 2.10. The van der Waals surface area contributed by atoms with Crippen molar-refractivity contribution in [2.45, 2.75) is 20.3 Å². The molecule has 1 aromatic heterocycles. The van der Waals surface area contributed by atoms with E-state index in [1.54, 1.807) is 13.0 Å². The second-order valence-corrected chi connectivity index (χ2v) is 6.86.